The van der Waals surface area contributed by atoms with Crippen molar-refractivity contribution in [1.29, 1.82) is 0 Å². The van der Waals surface area contributed by atoms with E-state index in [0.29, 0.717) is 24.1 Å². The molecule has 0 saturated heterocycles. The summed E-state index contributed by atoms with van der Waals surface area (Å²) in [6, 6.07) is 0.466. The van der Waals surface area contributed by atoms with E-state index in [0.717, 1.165) is 6.42 Å². The molecule has 0 saturated carbocycles. The number of hydrogen-bond acceptors (Lipinski definition) is 2. The van der Waals surface area contributed by atoms with Crippen LogP contribution in [0.3, 0.4) is 0 Å². The summed E-state index contributed by atoms with van der Waals surface area (Å²) in [5, 5.41) is 11.9. The van der Waals surface area contributed by atoms with Gasteiger partial charge in [0.2, 0.25) is 0 Å². The fourth-order valence-electron chi connectivity index (χ4n) is 1.30. The Morgan fingerprint density at radius 3 is 2.43 bits per heavy atom. The van der Waals surface area contributed by atoms with Crippen molar-refractivity contribution >= 4 is 5.97 Å². The summed E-state index contributed by atoms with van der Waals surface area (Å²) >= 11 is 0. The van der Waals surface area contributed by atoms with Gasteiger partial charge in [0.1, 0.15) is 0 Å². The van der Waals surface area contributed by atoms with Crippen molar-refractivity contribution in [3.05, 3.63) is 11.6 Å². The summed E-state index contributed by atoms with van der Waals surface area (Å²) in [7, 11) is 0. The minimum Gasteiger partial charge on any atom is -0.478 e. The Bertz CT molecular complexity index is 209. The highest BCUT2D eigenvalue weighted by molar-refractivity contribution is 5.85. The zero-order valence-electron chi connectivity index (χ0n) is 9.50. The average molecular weight is 199 g/mol. The third-order valence-electron chi connectivity index (χ3n) is 2.37. The monoisotopic (exact) mass is 199 g/mol. The van der Waals surface area contributed by atoms with Crippen LogP contribution < -0.4 is 5.32 Å². The van der Waals surface area contributed by atoms with E-state index in [4.69, 9.17) is 5.11 Å². The minimum atomic E-state index is -0.843. The quantitative estimate of drug-likeness (QED) is 0.644. The Labute approximate surface area is 86.2 Å². The zero-order chi connectivity index (χ0) is 11.1. The van der Waals surface area contributed by atoms with E-state index in [-0.39, 0.29) is 0 Å². The first-order valence-corrected chi connectivity index (χ1v) is 5.12. The molecule has 14 heavy (non-hydrogen) atoms. The van der Waals surface area contributed by atoms with Gasteiger partial charge < -0.3 is 10.4 Å². The fourth-order valence-corrected chi connectivity index (χ4v) is 1.30. The molecule has 0 amide bonds. The van der Waals surface area contributed by atoms with Crippen molar-refractivity contribution in [3.8, 4) is 0 Å². The van der Waals surface area contributed by atoms with Crippen LogP contribution in [-0.4, -0.2) is 23.7 Å². The molecule has 0 bridgehead atoms. The van der Waals surface area contributed by atoms with Gasteiger partial charge in [-0.05, 0) is 19.3 Å². The summed E-state index contributed by atoms with van der Waals surface area (Å²) in [6.45, 7) is 8.70. The highest BCUT2D eigenvalue weighted by Crippen LogP contribution is 2.04. The molecule has 82 valence electrons. The van der Waals surface area contributed by atoms with Crippen LogP contribution in [0.4, 0.5) is 0 Å². The third kappa shape index (κ3) is 5.02. The number of carboxylic acids is 1. The molecule has 0 fully saturated rings. The van der Waals surface area contributed by atoms with Crippen molar-refractivity contribution in [2.45, 2.75) is 40.2 Å². The van der Waals surface area contributed by atoms with Crippen molar-refractivity contribution in [3.63, 3.8) is 0 Å². The van der Waals surface area contributed by atoms with Crippen LogP contribution in [0.15, 0.2) is 11.6 Å². The second kappa shape index (κ2) is 6.60. The largest absolute Gasteiger partial charge is 0.478 e. The standard InChI is InChI=1S/C11H21NO2/c1-5-10(8(2)3)12-7-6-9(4)11(13)14/h6,8,10,12H,5,7H2,1-4H3,(H,13,14)/b9-6-. The summed E-state index contributed by atoms with van der Waals surface area (Å²) in [4.78, 5) is 10.5. The maximum atomic E-state index is 10.5. The topological polar surface area (TPSA) is 49.3 Å². The van der Waals surface area contributed by atoms with Gasteiger partial charge >= 0.3 is 5.97 Å². The molecule has 0 aromatic heterocycles. The number of aliphatic carboxylic acids is 1. The van der Waals surface area contributed by atoms with E-state index < -0.39 is 5.97 Å². The normalized spacial score (nSPS) is 14.5. The van der Waals surface area contributed by atoms with Crippen LogP contribution in [0.5, 0.6) is 0 Å². The lowest BCUT2D eigenvalue weighted by molar-refractivity contribution is -0.132. The van der Waals surface area contributed by atoms with E-state index >= 15 is 0 Å². The lowest BCUT2D eigenvalue weighted by atomic mass is 10.0. The zero-order valence-corrected chi connectivity index (χ0v) is 9.50. The highest BCUT2D eigenvalue weighted by Gasteiger charge is 2.08. The summed E-state index contributed by atoms with van der Waals surface area (Å²) in [6.07, 6.45) is 2.78. The maximum Gasteiger partial charge on any atom is 0.330 e. The second-order valence-corrected chi connectivity index (χ2v) is 3.86. The van der Waals surface area contributed by atoms with E-state index in [1.54, 1.807) is 13.0 Å². The molecule has 0 heterocycles. The fraction of sp³-hybridized carbons (Fsp3) is 0.727. The Hall–Kier alpha value is -0.830. The van der Waals surface area contributed by atoms with E-state index in [9.17, 15) is 4.79 Å². The van der Waals surface area contributed by atoms with Gasteiger partial charge in [-0.15, -0.1) is 0 Å². The number of carbonyl (C=O) groups is 1. The Balaban J connectivity index is 3.93. The van der Waals surface area contributed by atoms with Crippen LogP contribution in [-0.2, 0) is 4.79 Å². The molecule has 0 rings (SSSR count). The summed E-state index contributed by atoms with van der Waals surface area (Å²) in [5.41, 5.74) is 0.399. The molecule has 0 aliphatic carbocycles. The highest BCUT2D eigenvalue weighted by atomic mass is 16.4. The number of carboxylic acid groups (broad SMARTS) is 1. The van der Waals surface area contributed by atoms with Gasteiger partial charge in [-0.3, -0.25) is 0 Å². The number of nitrogens with one attached hydrogen (secondary N) is 1. The van der Waals surface area contributed by atoms with Gasteiger partial charge in [-0.1, -0.05) is 26.8 Å². The predicted octanol–water partition coefficient (Wildman–Crippen LogP) is 2.04. The SMILES string of the molecule is CCC(NC/C=C(/C)C(=O)O)C(C)C. The lowest BCUT2D eigenvalue weighted by Gasteiger charge is -2.19. The van der Waals surface area contributed by atoms with Crippen molar-refractivity contribution < 1.29 is 9.90 Å². The van der Waals surface area contributed by atoms with Crippen LogP contribution in [0, 0.1) is 5.92 Å². The van der Waals surface area contributed by atoms with Gasteiger partial charge in [0.05, 0.1) is 0 Å². The second-order valence-electron chi connectivity index (χ2n) is 3.86. The molecule has 1 atom stereocenters. The first kappa shape index (κ1) is 13.2. The van der Waals surface area contributed by atoms with E-state index in [1.165, 1.54) is 0 Å². The van der Waals surface area contributed by atoms with Crippen LogP contribution in [0.2, 0.25) is 0 Å². The Morgan fingerprint density at radius 1 is 1.50 bits per heavy atom. The minimum absolute atomic E-state index is 0.399. The van der Waals surface area contributed by atoms with Crippen molar-refractivity contribution in [2.24, 2.45) is 5.92 Å². The first-order valence-electron chi connectivity index (χ1n) is 5.12. The van der Waals surface area contributed by atoms with E-state index in [1.807, 2.05) is 0 Å². The van der Waals surface area contributed by atoms with Gasteiger partial charge in [0.15, 0.2) is 0 Å². The molecule has 3 nitrogen and oxygen atoms in total. The van der Waals surface area contributed by atoms with Gasteiger partial charge in [-0.2, -0.15) is 0 Å². The molecule has 0 radical (unpaired) electrons. The molecular weight excluding hydrogens is 178 g/mol. The molecule has 3 heteroatoms. The van der Waals surface area contributed by atoms with Crippen LogP contribution >= 0.6 is 0 Å². The molecule has 0 aromatic carbocycles. The van der Waals surface area contributed by atoms with Gasteiger partial charge in [0.25, 0.3) is 0 Å². The van der Waals surface area contributed by atoms with Gasteiger partial charge in [-0.25, -0.2) is 4.79 Å². The molecule has 1 unspecified atom stereocenters. The van der Waals surface area contributed by atoms with Crippen LogP contribution in [0.25, 0.3) is 0 Å². The molecule has 0 aliphatic rings. The van der Waals surface area contributed by atoms with Gasteiger partial charge in [0, 0.05) is 18.2 Å². The van der Waals surface area contributed by atoms with Crippen molar-refractivity contribution in [2.75, 3.05) is 6.54 Å². The summed E-state index contributed by atoms with van der Waals surface area (Å²) < 4.78 is 0. The van der Waals surface area contributed by atoms with E-state index in [2.05, 4.69) is 26.1 Å². The molecule has 2 N–H and O–H groups in total. The number of hydrogen-bond donors (Lipinski definition) is 2. The molecule has 0 aromatic rings. The Morgan fingerprint density at radius 2 is 2.07 bits per heavy atom. The molecule has 0 aliphatic heterocycles. The Kier molecular flexibility index (Phi) is 6.21. The van der Waals surface area contributed by atoms with Crippen LogP contribution in [0.1, 0.15) is 34.1 Å². The lowest BCUT2D eigenvalue weighted by Crippen LogP contribution is -2.33. The van der Waals surface area contributed by atoms with Crippen molar-refractivity contribution in [1.82, 2.24) is 5.32 Å². The summed E-state index contributed by atoms with van der Waals surface area (Å²) in [5.74, 6) is -0.261. The smallest absolute Gasteiger partial charge is 0.330 e. The average Bonchev–Trinajstić information content (AvgIpc) is 2.11. The molecular formula is C11H21NO2. The predicted molar refractivity (Wildman–Crippen MR) is 58.3 cm³/mol. The first-order chi connectivity index (χ1) is 6.49. The molecule has 0 spiro atoms. The number of rotatable bonds is 6. The maximum absolute atomic E-state index is 10.5. The third-order valence-corrected chi connectivity index (χ3v) is 2.37.